The second-order valence-electron chi connectivity index (χ2n) is 10.6. The molecule has 1 amide bonds. The molecule has 0 saturated heterocycles. The molecule has 0 spiro atoms. The van der Waals surface area contributed by atoms with E-state index >= 15 is 0 Å². The minimum atomic E-state index is -3.25. The Morgan fingerprint density at radius 2 is 1.88 bits per heavy atom. The molecule has 8 nitrogen and oxygen atoms in total. The van der Waals surface area contributed by atoms with Crippen LogP contribution in [0.25, 0.3) is 0 Å². The van der Waals surface area contributed by atoms with E-state index in [-0.39, 0.29) is 17.8 Å². The van der Waals surface area contributed by atoms with Gasteiger partial charge in [-0.05, 0) is 86.2 Å². The first-order chi connectivity index (χ1) is 20.2. The van der Waals surface area contributed by atoms with Gasteiger partial charge in [-0.1, -0.05) is 25.1 Å². The maximum absolute atomic E-state index is 13.1. The predicted molar refractivity (Wildman–Crippen MR) is 165 cm³/mol. The number of rotatable bonds is 8. The number of carbonyl (C=O) groups excluding carboxylic acids is 1. The van der Waals surface area contributed by atoms with E-state index in [0.29, 0.717) is 34.2 Å². The number of nitriles is 1. The number of ether oxygens (including phenoxy) is 2. The highest BCUT2D eigenvalue weighted by molar-refractivity contribution is 7.91. The van der Waals surface area contributed by atoms with Crippen molar-refractivity contribution in [2.75, 3.05) is 32.6 Å². The molecule has 1 aromatic heterocycles. The zero-order valence-electron chi connectivity index (χ0n) is 24.5. The van der Waals surface area contributed by atoms with Gasteiger partial charge in [0.05, 0.1) is 34.3 Å². The van der Waals surface area contributed by atoms with Gasteiger partial charge in [0.25, 0.3) is 5.91 Å². The summed E-state index contributed by atoms with van der Waals surface area (Å²) >= 11 is 1.54. The van der Waals surface area contributed by atoms with Gasteiger partial charge in [-0.2, -0.15) is 5.26 Å². The van der Waals surface area contributed by atoms with Crippen LogP contribution in [0.15, 0.2) is 53.4 Å². The fourth-order valence-electron chi connectivity index (χ4n) is 5.07. The Morgan fingerprint density at radius 1 is 1.14 bits per heavy atom. The largest absolute Gasteiger partial charge is 0.495 e. The zero-order chi connectivity index (χ0) is 30.1. The number of hydrogen-bond acceptors (Lipinski definition) is 8. The molecule has 1 atom stereocenters. The normalized spacial score (nSPS) is 16.9. The lowest BCUT2D eigenvalue weighted by Crippen LogP contribution is -2.28. The standard InChI is InChI=1S/C32H39N3O5S2/c1-4-42(37,38)28-12-9-24(10-13-28)21-34-32(36)31-19-27-17-23(2)40-16-6-15-35(14-5-7-30(27)41-31)22-25-8-11-26(20-33)29(18-25)39-3/h8-13,18-19,23H,4-7,14-17,21-22H2,1-3H3,(H,34,36). The minimum absolute atomic E-state index is 0.0443. The Hall–Kier alpha value is -3.23. The Balaban J connectivity index is 1.41. The van der Waals surface area contributed by atoms with E-state index in [0.717, 1.165) is 62.0 Å². The Morgan fingerprint density at radius 3 is 2.60 bits per heavy atom. The molecule has 224 valence electrons. The number of methoxy groups -OCH3 is 1. The summed E-state index contributed by atoms with van der Waals surface area (Å²) in [6, 6.07) is 16.6. The van der Waals surface area contributed by atoms with Crippen LogP contribution in [0.2, 0.25) is 0 Å². The van der Waals surface area contributed by atoms with Crippen LogP contribution in [0.1, 0.15) is 63.5 Å². The molecule has 42 heavy (non-hydrogen) atoms. The van der Waals surface area contributed by atoms with E-state index in [1.165, 1.54) is 4.88 Å². The van der Waals surface area contributed by atoms with E-state index in [2.05, 4.69) is 23.2 Å². The summed E-state index contributed by atoms with van der Waals surface area (Å²) in [6.07, 6.45) is 3.57. The van der Waals surface area contributed by atoms with Crippen LogP contribution in [0.4, 0.5) is 0 Å². The molecule has 3 aromatic rings. The number of nitrogens with one attached hydrogen (secondary N) is 1. The average molecular weight is 610 g/mol. The number of sulfone groups is 1. The van der Waals surface area contributed by atoms with E-state index in [1.54, 1.807) is 49.6 Å². The molecule has 1 aliphatic rings. The molecular formula is C32H39N3O5S2. The molecule has 0 bridgehead atoms. The molecule has 0 saturated carbocycles. The molecule has 2 heterocycles. The van der Waals surface area contributed by atoms with Gasteiger partial charge in [-0.25, -0.2) is 8.42 Å². The number of amides is 1. The first-order valence-electron chi connectivity index (χ1n) is 14.3. The monoisotopic (exact) mass is 609 g/mol. The summed E-state index contributed by atoms with van der Waals surface area (Å²) in [7, 11) is -1.67. The fourth-order valence-corrected chi connectivity index (χ4v) is 7.11. The molecule has 1 aliphatic heterocycles. The van der Waals surface area contributed by atoms with Gasteiger partial charge in [-0.15, -0.1) is 11.3 Å². The van der Waals surface area contributed by atoms with Gasteiger partial charge >= 0.3 is 0 Å². The topological polar surface area (TPSA) is 109 Å². The summed E-state index contributed by atoms with van der Waals surface area (Å²) in [5.41, 5.74) is 3.64. The molecule has 1 unspecified atom stereocenters. The number of hydrogen-bond donors (Lipinski definition) is 1. The number of benzene rings is 2. The Labute approximate surface area is 253 Å². The number of nitrogens with zero attached hydrogens (tertiary/aromatic N) is 2. The molecule has 10 heteroatoms. The number of carbonyl (C=O) groups is 1. The summed E-state index contributed by atoms with van der Waals surface area (Å²) in [5, 5.41) is 12.3. The third-order valence-electron chi connectivity index (χ3n) is 7.44. The van der Waals surface area contributed by atoms with Gasteiger partial charge in [0, 0.05) is 31.1 Å². The van der Waals surface area contributed by atoms with Crippen molar-refractivity contribution in [3.63, 3.8) is 0 Å². The quantitative estimate of drug-likeness (QED) is 0.377. The first kappa shape index (κ1) is 31.7. The van der Waals surface area contributed by atoms with Crippen LogP contribution in [-0.4, -0.2) is 57.9 Å². The highest BCUT2D eigenvalue weighted by atomic mass is 32.2. The van der Waals surface area contributed by atoms with Crippen molar-refractivity contribution < 1.29 is 22.7 Å². The van der Waals surface area contributed by atoms with Crippen LogP contribution in [0.5, 0.6) is 5.75 Å². The van der Waals surface area contributed by atoms with Crippen LogP contribution in [0.3, 0.4) is 0 Å². The number of fused-ring (bicyclic) bond motifs is 1. The summed E-state index contributed by atoms with van der Waals surface area (Å²) in [5.74, 6) is 0.518. The molecule has 0 radical (unpaired) electrons. The van der Waals surface area contributed by atoms with Crippen LogP contribution in [0, 0.1) is 11.3 Å². The summed E-state index contributed by atoms with van der Waals surface area (Å²) in [6.45, 7) is 7.26. The smallest absolute Gasteiger partial charge is 0.261 e. The lowest BCUT2D eigenvalue weighted by atomic mass is 10.1. The van der Waals surface area contributed by atoms with Crippen molar-refractivity contribution in [3.8, 4) is 11.8 Å². The maximum atomic E-state index is 13.1. The third kappa shape index (κ3) is 8.42. The summed E-state index contributed by atoms with van der Waals surface area (Å²) < 4.78 is 35.7. The SMILES string of the molecule is CCS(=O)(=O)c1ccc(CNC(=O)c2cc3c(s2)CCCN(Cc2ccc(C#N)c(OC)c2)CCCOC(C)C3)cc1. The highest BCUT2D eigenvalue weighted by Gasteiger charge is 2.19. The van der Waals surface area contributed by atoms with Crippen LogP contribution in [-0.2, 0) is 40.5 Å². The van der Waals surface area contributed by atoms with E-state index < -0.39 is 9.84 Å². The second-order valence-corrected chi connectivity index (χ2v) is 14.0. The van der Waals surface area contributed by atoms with Crippen LogP contribution < -0.4 is 10.1 Å². The number of thiophene rings is 1. The third-order valence-corrected chi connectivity index (χ3v) is 10.4. The molecule has 4 rings (SSSR count). The van der Waals surface area contributed by atoms with Gasteiger partial charge in [0.1, 0.15) is 11.8 Å². The van der Waals surface area contributed by atoms with E-state index in [1.807, 2.05) is 24.3 Å². The van der Waals surface area contributed by atoms with Gasteiger partial charge in [-0.3, -0.25) is 9.69 Å². The van der Waals surface area contributed by atoms with Crippen molar-refractivity contribution in [2.45, 2.75) is 63.6 Å². The van der Waals surface area contributed by atoms with Crippen LogP contribution >= 0.6 is 11.3 Å². The Bertz CT molecular complexity index is 1510. The predicted octanol–water partition coefficient (Wildman–Crippen LogP) is 5.14. The maximum Gasteiger partial charge on any atom is 0.261 e. The van der Waals surface area contributed by atoms with Crippen molar-refractivity contribution in [2.24, 2.45) is 0 Å². The van der Waals surface area contributed by atoms with Crippen molar-refractivity contribution >= 4 is 27.1 Å². The van der Waals surface area contributed by atoms with E-state index in [4.69, 9.17) is 9.47 Å². The van der Waals surface area contributed by atoms with Crippen molar-refractivity contribution in [3.05, 3.63) is 80.5 Å². The lowest BCUT2D eigenvalue weighted by Gasteiger charge is -2.24. The molecule has 0 aliphatic carbocycles. The average Bonchev–Trinajstić information content (AvgIpc) is 3.39. The van der Waals surface area contributed by atoms with Crippen molar-refractivity contribution in [1.82, 2.24) is 10.2 Å². The zero-order valence-corrected chi connectivity index (χ0v) is 26.2. The van der Waals surface area contributed by atoms with Gasteiger partial charge in [0.2, 0.25) is 0 Å². The summed E-state index contributed by atoms with van der Waals surface area (Å²) in [4.78, 5) is 17.7. The molecule has 2 aromatic carbocycles. The van der Waals surface area contributed by atoms with Gasteiger partial charge in [0.15, 0.2) is 9.84 Å². The molecule has 0 fully saturated rings. The molecular weight excluding hydrogens is 571 g/mol. The second kappa shape index (κ2) is 14.8. The highest BCUT2D eigenvalue weighted by Crippen LogP contribution is 2.27. The fraction of sp³-hybridized carbons (Fsp3) is 0.438. The van der Waals surface area contributed by atoms with Gasteiger partial charge < -0.3 is 14.8 Å². The molecule has 1 N–H and O–H groups in total. The lowest BCUT2D eigenvalue weighted by molar-refractivity contribution is 0.0578. The minimum Gasteiger partial charge on any atom is -0.495 e. The van der Waals surface area contributed by atoms with E-state index in [9.17, 15) is 18.5 Å². The first-order valence-corrected chi connectivity index (χ1v) is 16.8. The Kier molecular flexibility index (Phi) is 11.2. The van der Waals surface area contributed by atoms with Crippen molar-refractivity contribution in [1.29, 1.82) is 5.26 Å². The number of aryl methyl sites for hydroxylation is 1.